The van der Waals surface area contributed by atoms with Crippen molar-refractivity contribution in [2.45, 2.75) is 39.5 Å². The second-order valence-corrected chi connectivity index (χ2v) is 7.29. The molecule has 0 fully saturated rings. The van der Waals surface area contributed by atoms with Crippen LogP contribution in [0.4, 0.5) is 0 Å². The van der Waals surface area contributed by atoms with Gasteiger partial charge in [-0.2, -0.15) is 0 Å². The minimum Gasteiger partial charge on any atom is -0.367 e. The molecule has 0 saturated heterocycles. The van der Waals surface area contributed by atoms with E-state index in [4.69, 9.17) is 4.74 Å². The van der Waals surface area contributed by atoms with E-state index in [-0.39, 0.29) is 18.4 Å². The number of carbonyl (C=O) groups is 2. The zero-order valence-electron chi connectivity index (χ0n) is 16.5. The van der Waals surface area contributed by atoms with Crippen molar-refractivity contribution >= 4 is 11.8 Å². The molecular weight excluding hydrogens is 332 g/mol. The molecule has 2 amide bonds. The lowest BCUT2D eigenvalue weighted by Gasteiger charge is -2.32. The van der Waals surface area contributed by atoms with Crippen LogP contribution in [0.25, 0.3) is 0 Å². The maximum atomic E-state index is 12.5. The van der Waals surface area contributed by atoms with E-state index in [1.54, 1.807) is 20.3 Å². The van der Waals surface area contributed by atoms with Gasteiger partial charge < -0.3 is 14.5 Å². The van der Waals surface area contributed by atoms with Crippen LogP contribution in [0.15, 0.2) is 12.4 Å². The van der Waals surface area contributed by atoms with Gasteiger partial charge in [0.25, 0.3) is 0 Å². The predicted molar refractivity (Wildman–Crippen MR) is 99.5 cm³/mol. The van der Waals surface area contributed by atoms with Gasteiger partial charge in [-0.1, -0.05) is 0 Å². The molecule has 0 aromatic carbocycles. The molecule has 0 N–H and O–H groups in total. The number of hydrogen-bond donors (Lipinski definition) is 0. The van der Waals surface area contributed by atoms with Crippen LogP contribution < -0.4 is 0 Å². The quantitative estimate of drug-likeness (QED) is 0.721. The Labute approximate surface area is 155 Å². The number of likely N-dealkylation sites (N-methyl/N-ethyl adjacent to an activating group) is 2. The molecule has 7 nitrogen and oxygen atoms in total. The van der Waals surface area contributed by atoms with Crippen molar-refractivity contribution in [3.8, 4) is 0 Å². The summed E-state index contributed by atoms with van der Waals surface area (Å²) >= 11 is 0. The van der Waals surface area contributed by atoms with Crippen molar-refractivity contribution in [3.05, 3.63) is 29.1 Å². The zero-order valence-corrected chi connectivity index (χ0v) is 16.5. The molecule has 0 atom stereocenters. The van der Waals surface area contributed by atoms with Gasteiger partial charge in [0.05, 0.1) is 13.2 Å². The Kier molecular flexibility index (Phi) is 7.11. The highest BCUT2D eigenvalue weighted by Gasteiger charge is 2.24. The summed E-state index contributed by atoms with van der Waals surface area (Å²) in [6, 6.07) is 0.339. The summed E-state index contributed by atoms with van der Waals surface area (Å²) in [6.45, 7) is 6.29. The molecule has 1 aromatic rings. The Morgan fingerprint density at radius 2 is 2.00 bits per heavy atom. The fourth-order valence-electron chi connectivity index (χ4n) is 2.78. The second kappa shape index (κ2) is 9.09. The van der Waals surface area contributed by atoms with Crippen LogP contribution >= 0.6 is 0 Å². The third-order valence-electron chi connectivity index (χ3n) is 4.83. The Bertz CT molecular complexity index is 646. The smallest absolute Gasteiger partial charge is 0.248 e. The lowest BCUT2D eigenvalue weighted by molar-refractivity contribution is -0.134. The van der Waals surface area contributed by atoms with E-state index in [1.807, 2.05) is 23.0 Å². The average Bonchev–Trinajstić information content (AvgIpc) is 2.60. The molecule has 144 valence electrons. The SMILES string of the molecule is CC(C)N(C)CC(=O)N1CCc2c(COCC(=O)N(C)C)cncc2C1. The maximum absolute atomic E-state index is 12.5. The fraction of sp³-hybridized carbons (Fsp3) is 0.632. The minimum absolute atomic E-state index is 0.0583. The van der Waals surface area contributed by atoms with Crippen molar-refractivity contribution in [3.63, 3.8) is 0 Å². The van der Waals surface area contributed by atoms with Crippen molar-refractivity contribution in [2.24, 2.45) is 0 Å². The standard InChI is InChI=1S/C19H30N4O3/c1-14(2)22(5)11-18(24)23-7-6-17-15(10-23)8-20-9-16(17)12-26-13-19(25)21(3)4/h8-9,14H,6-7,10-13H2,1-5H3. The van der Waals surface area contributed by atoms with Gasteiger partial charge >= 0.3 is 0 Å². The molecule has 2 heterocycles. The Morgan fingerprint density at radius 1 is 1.27 bits per heavy atom. The van der Waals surface area contributed by atoms with E-state index in [0.29, 0.717) is 32.3 Å². The summed E-state index contributed by atoms with van der Waals surface area (Å²) in [4.78, 5) is 33.9. The van der Waals surface area contributed by atoms with E-state index in [9.17, 15) is 9.59 Å². The Hall–Kier alpha value is -1.99. The number of amides is 2. The summed E-state index contributed by atoms with van der Waals surface area (Å²) in [5, 5.41) is 0. The first-order chi connectivity index (χ1) is 12.3. The highest BCUT2D eigenvalue weighted by Crippen LogP contribution is 2.22. The van der Waals surface area contributed by atoms with Crippen molar-refractivity contribution < 1.29 is 14.3 Å². The van der Waals surface area contributed by atoms with E-state index in [1.165, 1.54) is 10.5 Å². The van der Waals surface area contributed by atoms with Crippen molar-refractivity contribution in [1.82, 2.24) is 19.7 Å². The fourth-order valence-corrected chi connectivity index (χ4v) is 2.78. The number of pyridine rings is 1. The van der Waals surface area contributed by atoms with Gasteiger partial charge in [-0.3, -0.25) is 19.5 Å². The van der Waals surface area contributed by atoms with E-state index in [0.717, 1.165) is 17.5 Å². The van der Waals surface area contributed by atoms with Crippen LogP contribution in [0.2, 0.25) is 0 Å². The van der Waals surface area contributed by atoms with Crippen LogP contribution in [0.1, 0.15) is 30.5 Å². The lowest BCUT2D eigenvalue weighted by Crippen LogP contribution is -2.43. The topological polar surface area (TPSA) is 66.0 Å². The Balaban J connectivity index is 1.97. The van der Waals surface area contributed by atoms with Gasteiger partial charge in [0.1, 0.15) is 6.61 Å². The van der Waals surface area contributed by atoms with Gasteiger partial charge in [-0.15, -0.1) is 0 Å². The van der Waals surface area contributed by atoms with Crippen LogP contribution in [0.3, 0.4) is 0 Å². The summed E-state index contributed by atoms with van der Waals surface area (Å²) in [6.07, 6.45) is 4.41. The highest BCUT2D eigenvalue weighted by atomic mass is 16.5. The first-order valence-corrected chi connectivity index (χ1v) is 9.00. The molecule has 0 spiro atoms. The minimum atomic E-state index is -0.0613. The lowest BCUT2D eigenvalue weighted by atomic mass is 9.97. The number of rotatable bonds is 7. The largest absolute Gasteiger partial charge is 0.367 e. The number of nitrogens with zero attached hydrogens (tertiary/aromatic N) is 4. The van der Waals surface area contributed by atoms with Gasteiger partial charge in [0, 0.05) is 45.6 Å². The van der Waals surface area contributed by atoms with Gasteiger partial charge in [0.15, 0.2) is 0 Å². The number of fused-ring (bicyclic) bond motifs is 1. The number of hydrogen-bond acceptors (Lipinski definition) is 5. The molecule has 1 aromatic heterocycles. The van der Waals surface area contributed by atoms with E-state index in [2.05, 4.69) is 18.8 Å². The monoisotopic (exact) mass is 362 g/mol. The summed E-state index contributed by atoms with van der Waals surface area (Å²) in [5.74, 6) is 0.0823. The molecular formula is C19H30N4O3. The molecule has 7 heteroatoms. The molecule has 1 aliphatic rings. The van der Waals surface area contributed by atoms with Crippen LogP contribution in [-0.2, 0) is 33.9 Å². The highest BCUT2D eigenvalue weighted by molar-refractivity contribution is 5.78. The molecule has 0 aliphatic carbocycles. The van der Waals surface area contributed by atoms with Gasteiger partial charge in [0.2, 0.25) is 11.8 Å². The van der Waals surface area contributed by atoms with Crippen LogP contribution in [0, 0.1) is 0 Å². The molecule has 0 bridgehead atoms. The van der Waals surface area contributed by atoms with Gasteiger partial charge in [-0.05, 0) is 44.0 Å². The first kappa shape index (κ1) is 20.3. The maximum Gasteiger partial charge on any atom is 0.248 e. The van der Waals surface area contributed by atoms with Crippen molar-refractivity contribution in [2.75, 3.05) is 40.8 Å². The zero-order chi connectivity index (χ0) is 19.3. The number of ether oxygens (including phenoxy) is 1. The van der Waals surface area contributed by atoms with Gasteiger partial charge in [-0.25, -0.2) is 0 Å². The molecule has 0 radical (unpaired) electrons. The van der Waals surface area contributed by atoms with E-state index >= 15 is 0 Å². The third-order valence-corrected chi connectivity index (χ3v) is 4.83. The summed E-state index contributed by atoms with van der Waals surface area (Å²) < 4.78 is 5.54. The average molecular weight is 362 g/mol. The molecule has 1 aliphatic heterocycles. The molecule has 2 rings (SSSR count). The normalized spacial score (nSPS) is 13.9. The van der Waals surface area contributed by atoms with Crippen LogP contribution in [-0.4, -0.2) is 78.4 Å². The van der Waals surface area contributed by atoms with E-state index < -0.39 is 0 Å². The Morgan fingerprint density at radius 3 is 2.65 bits per heavy atom. The third kappa shape index (κ3) is 5.25. The van der Waals surface area contributed by atoms with Crippen molar-refractivity contribution in [1.29, 1.82) is 0 Å². The number of carbonyl (C=O) groups excluding carboxylic acids is 2. The number of aromatic nitrogens is 1. The van der Waals surface area contributed by atoms with Crippen LogP contribution in [0.5, 0.6) is 0 Å². The molecule has 0 unspecified atom stereocenters. The summed E-state index contributed by atoms with van der Waals surface area (Å²) in [7, 11) is 5.38. The summed E-state index contributed by atoms with van der Waals surface area (Å²) in [5.41, 5.74) is 3.26. The predicted octanol–water partition coefficient (Wildman–Crippen LogP) is 0.911. The second-order valence-electron chi connectivity index (χ2n) is 7.29. The first-order valence-electron chi connectivity index (χ1n) is 9.00. The molecule has 26 heavy (non-hydrogen) atoms. The molecule has 0 saturated carbocycles.